The van der Waals surface area contributed by atoms with Crippen molar-refractivity contribution in [3.63, 3.8) is 0 Å². The van der Waals surface area contributed by atoms with Gasteiger partial charge in [-0.05, 0) is 18.2 Å². The van der Waals surface area contributed by atoms with Crippen LogP contribution in [0.1, 0.15) is 41.0 Å². The Bertz CT molecular complexity index is 568. The van der Waals surface area contributed by atoms with E-state index < -0.39 is 0 Å². The molecule has 1 aliphatic rings. The first kappa shape index (κ1) is 22.6. The van der Waals surface area contributed by atoms with E-state index in [1.54, 1.807) is 18.4 Å². The second-order valence-electron chi connectivity index (χ2n) is 6.46. The quantitative estimate of drug-likeness (QED) is 0.270. The maximum atomic E-state index is 5.19. The first-order valence-electron chi connectivity index (χ1n) is 8.05. The summed E-state index contributed by atoms with van der Waals surface area (Å²) in [5.41, 5.74) is 1.74. The molecule has 127 valence electrons. The Kier molecular flexibility index (Phi) is 12.2. The summed E-state index contributed by atoms with van der Waals surface area (Å²) in [4.78, 5) is 0. The van der Waals surface area contributed by atoms with Gasteiger partial charge in [0.1, 0.15) is 5.75 Å². The zero-order valence-electron chi connectivity index (χ0n) is 15.6. The van der Waals surface area contributed by atoms with E-state index in [-0.39, 0.29) is 0 Å². The van der Waals surface area contributed by atoms with Gasteiger partial charge >= 0.3 is 37.6 Å². The molecule has 0 spiro atoms. The normalized spacial score (nSPS) is 12.5. The number of ether oxygens (including phenoxy) is 1. The van der Waals surface area contributed by atoms with Crippen LogP contribution >= 0.6 is 0 Å². The van der Waals surface area contributed by atoms with Gasteiger partial charge in [0.15, 0.2) is 0 Å². The molecular weight excluding hydrogens is 328 g/mol. The molecule has 0 bridgehead atoms. The van der Waals surface area contributed by atoms with Crippen LogP contribution in [0, 0.1) is 11.5 Å². The predicted molar refractivity (Wildman–Crippen MR) is 103 cm³/mol. The summed E-state index contributed by atoms with van der Waals surface area (Å²) in [5.74, 6) is 0.839. The fraction of sp³-hybridized carbons (Fsp3) is 0.318. The first-order chi connectivity index (χ1) is 11.3. The second kappa shape index (κ2) is 12.9. The third kappa shape index (κ3) is 13.0. The Morgan fingerprint density at radius 3 is 2.17 bits per heavy atom. The predicted octanol–water partition coefficient (Wildman–Crippen LogP) is 6.23. The molecule has 0 saturated carbocycles. The van der Waals surface area contributed by atoms with E-state index in [1.165, 1.54) is 9.38 Å². The van der Waals surface area contributed by atoms with Crippen LogP contribution in [-0.4, -0.2) is 3.81 Å². The molecule has 0 fully saturated rings. The molecule has 0 radical (unpaired) electrons. The topological polar surface area (TPSA) is 9.23 Å². The first-order valence-corrected chi connectivity index (χ1v) is 8.83. The van der Waals surface area contributed by atoms with Crippen LogP contribution in [0.3, 0.4) is 0 Å². The van der Waals surface area contributed by atoms with Gasteiger partial charge in [0.05, 0.1) is 6.26 Å². The van der Waals surface area contributed by atoms with Crippen molar-refractivity contribution in [3.8, 4) is 5.75 Å². The van der Waals surface area contributed by atoms with Crippen LogP contribution in [-0.2, 0) is 20.0 Å². The summed E-state index contributed by atoms with van der Waals surface area (Å²) in [6.07, 6.45) is 13.5. The fourth-order valence-corrected chi connectivity index (χ4v) is 1.59. The van der Waals surface area contributed by atoms with Crippen molar-refractivity contribution in [3.05, 3.63) is 79.1 Å². The van der Waals surface area contributed by atoms with Crippen molar-refractivity contribution in [2.45, 2.75) is 41.0 Å². The molecule has 2 rings (SSSR count). The van der Waals surface area contributed by atoms with Gasteiger partial charge in [-0.25, -0.2) is 6.08 Å². The van der Waals surface area contributed by atoms with Crippen LogP contribution in [0.25, 0.3) is 0 Å². The number of allylic oxidation sites excluding steroid dienone is 6. The molecule has 2 heteroatoms. The number of para-hydroxylation sites is 1. The number of hydrogen-bond acceptors (Lipinski definition) is 1. The minimum atomic E-state index is 0.323. The molecule has 0 saturated heterocycles. The van der Waals surface area contributed by atoms with Gasteiger partial charge in [-0.2, -0.15) is 11.6 Å². The maximum absolute atomic E-state index is 5.19. The Balaban J connectivity index is 0.000000367. The molecule has 1 aromatic rings. The molecule has 24 heavy (non-hydrogen) atoms. The van der Waals surface area contributed by atoms with Crippen molar-refractivity contribution in [1.29, 1.82) is 0 Å². The molecule has 0 N–H and O–H groups in total. The Labute approximate surface area is 159 Å². The van der Waals surface area contributed by atoms with Crippen molar-refractivity contribution in [1.82, 2.24) is 0 Å². The third-order valence-electron chi connectivity index (χ3n) is 2.73. The van der Waals surface area contributed by atoms with Gasteiger partial charge in [0, 0.05) is 0 Å². The van der Waals surface area contributed by atoms with Crippen LogP contribution in [0.4, 0.5) is 0 Å². The summed E-state index contributed by atoms with van der Waals surface area (Å²) < 4.78 is 6.61. The Morgan fingerprint density at radius 1 is 1.21 bits per heavy atom. The molecule has 0 atom stereocenters. The monoisotopic (exact) mass is 357 g/mol. The average molecular weight is 357 g/mol. The van der Waals surface area contributed by atoms with E-state index in [4.69, 9.17) is 4.74 Å². The van der Waals surface area contributed by atoms with Gasteiger partial charge in [0.25, 0.3) is 0 Å². The minimum absolute atomic E-state index is 0.323. The summed E-state index contributed by atoms with van der Waals surface area (Å²) >= 11 is 2.08. The molecule has 0 aromatic heterocycles. The number of hydrogen-bond donors (Lipinski definition) is 0. The van der Waals surface area contributed by atoms with Crippen LogP contribution < -0.4 is 4.74 Å². The van der Waals surface area contributed by atoms with Gasteiger partial charge in [-0.15, -0.1) is 6.42 Å². The van der Waals surface area contributed by atoms with E-state index in [2.05, 4.69) is 79.4 Å². The summed E-state index contributed by atoms with van der Waals surface area (Å²) in [7, 11) is 0. The number of rotatable bonds is 3. The van der Waals surface area contributed by atoms with Gasteiger partial charge in [-0.3, -0.25) is 6.08 Å². The molecule has 0 heterocycles. The molecule has 1 aliphatic carbocycles. The van der Waals surface area contributed by atoms with E-state index in [0.29, 0.717) is 5.41 Å². The SMILES string of the molecule is C=CC=COc1ccccc1.CC(C)(C)C1=CC[C-]=C1.C[C](C)=[Ti+]. The molecular formula is C22H29OTi. The van der Waals surface area contributed by atoms with E-state index >= 15 is 0 Å². The summed E-state index contributed by atoms with van der Waals surface area (Å²) in [6, 6.07) is 9.60. The summed E-state index contributed by atoms with van der Waals surface area (Å²) in [6.45, 7) is 14.4. The van der Waals surface area contributed by atoms with Crippen molar-refractivity contribution in [2.75, 3.05) is 0 Å². The zero-order valence-corrected chi connectivity index (χ0v) is 17.2. The Morgan fingerprint density at radius 2 is 1.79 bits per heavy atom. The van der Waals surface area contributed by atoms with Crippen molar-refractivity contribution in [2.24, 2.45) is 5.41 Å². The fourth-order valence-electron chi connectivity index (χ4n) is 1.59. The number of benzene rings is 1. The second-order valence-corrected chi connectivity index (χ2v) is 8.02. The average Bonchev–Trinajstić information content (AvgIpc) is 3.03. The van der Waals surface area contributed by atoms with E-state index in [9.17, 15) is 0 Å². The zero-order chi connectivity index (χ0) is 18.4. The van der Waals surface area contributed by atoms with Crippen molar-refractivity contribution < 1.29 is 24.7 Å². The molecule has 1 aromatic carbocycles. The third-order valence-corrected chi connectivity index (χ3v) is 2.73. The van der Waals surface area contributed by atoms with Crippen molar-refractivity contribution >= 4 is 3.81 Å². The molecule has 0 unspecified atom stereocenters. The van der Waals surface area contributed by atoms with Crippen LogP contribution in [0.5, 0.6) is 5.75 Å². The van der Waals surface area contributed by atoms with E-state index in [1.807, 2.05) is 30.3 Å². The van der Waals surface area contributed by atoms with E-state index in [0.717, 1.165) is 12.2 Å². The standard InChI is InChI=1S/C10H10O.C9H13.C3H6.Ti/c1-2-3-9-11-10-7-5-4-6-8-10;1-9(2,3)8-6-4-5-7-8;1-3-2;/h2-9H,1H2;6-7H,4H2,1-3H3;1-2H3;/q;-1;;+1. The van der Waals surface area contributed by atoms with Crippen LogP contribution in [0.15, 0.2) is 73.1 Å². The Hall–Kier alpha value is -1.44. The molecule has 0 aliphatic heterocycles. The van der Waals surface area contributed by atoms with Gasteiger partial charge < -0.3 is 4.74 Å². The van der Waals surface area contributed by atoms with Gasteiger partial charge in [0.2, 0.25) is 0 Å². The van der Waals surface area contributed by atoms with Crippen LogP contribution in [0.2, 0.25) is 0 Å². The summed E-state index contributed by atoms with van der Waals surface area (Å²) in [5, 5.41) is 0. The van der Waals surface area contributed by atoms with Gasteiger partial charge in [-0.1, -0.05) is 57.0 Å². The molecule has 1 nitrogen and oxygen atoms in total. The molecule has 0 amide bonds.